The van der Waals surface area contributed by atoms with E-state index in [1.807, 2.05) is 29.3 Å². The predicted octanol–water partition coefficient (Wildman–Crippen LogP) is 4.17. The van der Waals surface area contributed by atoms with Gasteiger partial charge >= 0.3 is 0 Å². The number of carbonyl (C=O) groups excluding carboxylic acids is 5. The molecular weight excluding hydrogens is 628 g/mol. The van der Waals surface area contributed by atoms with E-state index in [0.717, 1.165) is 58.2 Å². The Hall–Kier alpha value is -4.19. The lowest BCUT2D eigenvalue weighted by molar-refractivity contribution is -0.136. The molecule has 2 saturated heterocycles. The zero-order valence-electron chi connectivity index (χ0n) is 24.2. The maximum Gasteiger partial charge on any atom is 0.264 e. The van der Waals surface area contributed by atoms with E-state index in [1.54, 1.807) is 18.2 Å². The summed E-state index contributed by atoms with van der Waals surface area (Å²) in [5.41, 5.74) is 3.74. The normalized spacial score (nSPS) is 19.0. The number of carbonyl (C=O) groups is 5. The first-order valence-electron chi connectivity index (χ1n) is 15.1. The zero-order valence-corrected chi connectivity index (χ0v) is 25.8. The minimum absolute atomic E-state index is 0.0779. The first kappa shape index (κ1) is 29.9. The third-order valence-electron chi connectivity index (χ3n) is 8.66. The Morgan fingerprint density at radius 2 is 1.77 bits per heavy atom. The van der Waals surface area contributed by atoms with Crippen LogP contribution in [-0.4, -0.2) is 75.0 Å². The molecule has 1 unspecified atom stereocenters. The van der Waals surface area contributed by atoms with Crippen molar-refractivity contribution in [2.45, 2.75) is 63.3 Å². The van der Waals surface area contributed by atoms with Crippen LogP contribution in [-0.2, 0) is 14.4 Å². The summed E-state index contributed by atoms with van der Waals surface area (Å²) >= 11 is 3.56. The van der Waals surface area contributed by atoms with Crippen molar-refractivity contribution in [1.82, 2.24) is 25.1 Å². The minimum atomic E-state index is -0.994. The molecule has 5 amide bonds. The number of anilines is 1. The topological polar surface area (TPSA) is 142 Å². The van der Waals surface area contributed by atoms with Gasteiger partial charge in [0.15, 0.2) is 0 Å². The van der Waals surface area contributed by atoms with Crippen molar-refractivity contribution in [3.63, 3.8) is 0 Å². The fourth-order valence-electron chi connectivity index (χ4n) is 6.26. The van der Waals surface area contributed by atoms with Gasteiger partial charge in [-0.1, -0.05) is 18.6 Å². The molecule has 0 radical (unpaired) electrons. The van der Waals surface area contributed by atoms with Crippen molar-refractivity contribution in [3.8, 4) is 0 Å². The summed E-state index contributed by atoms with van der Waals surface area (Å²) in [6, 6.07) is 9.89. The molecular formula is C32H33BrN6O5. The third kappa shape index (κ3) is 5.95. The molecule has 0 spiro atoms. The van der Waals surface area contributed by atoms with Crippen molar-refractivity contribution in [1.29, 1.82) is 0 Å². The summed E-state index contributed by atoms with van der Waals surface area (Å²) in [4.78, 5) is 75.3. The number of hydrogen-bond acceptors (Lipinski definition) is 8. The van der Waals surface area contributed by atoms with Crippen molar-refractivity contribution >= 4 is 62.2 Å². The first-order chi connectivity index (χ1) is 21.3. The van der Waals surface area contributed by atoms with Crippen LogP contribution in [0.25, 0.3) is 11.0 Å². The molecule has 12 heteroatoms. The van der Waals surface area contributed by atoms with Crippen molar-refractivity contribution in [3.05, 3.63) is 63.9 Å². The maximum absolute atomic E-state index is 13.2. The van der Waals surface area contributed by atoms with Gasteiger partial charge in [0.2, 0.25) is 17.7 Å². The molecule has 228 valence electrons. The summed E-state index contributed by atoms with van der Waals surface area (Å²) in [6.07, 6.45) is 6.65. The molecule has 6 rings (SSSR count). The van der Waals surface area contributed by atoms with Gasteiger partial charge in [0.25, 0.3) is 11.8 Å². The van der Waals surface area contributed by atoms with Gasteiger partial charge in [0.1, 0.15) is 11.6 Å². The molecule has 2 N–H and O–H groups in total. The second kappa shape index (κ2) is 12.8. The van der Waals surface area contributed by atoms with Gasteiger partial charge in [-0.25, -0.2) is 4.98 Å². The highest BCUT2D eigenvalue weighted by Gasteiger charge is 2.45. The quantitative estimate of drug-likeness (QED) is 0.257. The van der Waals surface area contributed by atoms with E-state index in [4.69, 9.17) is 4.98 Å². The number of imide groups is 2. The number of likely N-dealkylation sites (tertiary alicyclic amines) is 1. The molecule has 0 saturated carbocycles. The smallest absolute Gasteiger partial charge is 0.264 e. The van der Waals surface area contributed by atoms with Gasteiger partial charge in [-0.3, -0.25) is 39.2 Å². The number of hydrogen-bond donors (Lipinski definition) is 2. The number of fused-ring (bicyclic) bond motifs is 2. The number of nitrogens with one attached hydrogen (secondary N) is 2. The Morgan fingerprint density at radius 3 is 2.57 bits per heavy atom. The lowest BCUT2D eigenvalue weighted by Gasteiger charge is -2.31. The Kier molecular flexibility index (Phi) is 8.69. The average Bonchev–Trinajstić information content (AvgIpc) is 3.28. The second-order valence-corrected chi connectivity index (χ2v) is 12.3. The molecule has 3 aromatic rings. The van der Waals surface area contributed by atoms with Crippen LogP contribution < -0.4 is 10.6 Å². The molecule has 44 heavy (non-hydrogen) atoms. The molecule has 0 bridgehead atoms. The maximum atomic E-state index is 13.2. The van der Waals surface area contributed by atoms with Gasteiger partial charge in [0, 0.05) is 54.8 Å². The van der Waals surface area contributed by atoms with Crippen LogP contribution in [0.2, 0.25) is 0 Å². The van der Waals surface area contributed by atoms with Gasteiger partial charge in [-0.05, 0) is 72.3 Å². The lowest BCUT2D eigenvalue weighted by Crippen LogP contribution is -2.54. The number of aromatic nitrogens is 2. The van der Waals surface area contributed by atoms with E-state index in [1.165, 1.54) is 0 Å². The summed E-state index contributed by atoms with van der Waals surface area (Å²) in [5.74, 6) is -1.63. The molecule has 1 aromatic heterocycles. The number of halogens is 1. The number of piperidine rings is 2. The van der Waals surface area contributed by atoms with Crippen LogP contribution in [0.3, 0.4) is 0 Å². The summed E-state index contributed by atoms with van der Waals surface area (Å²) < 4.78 is 0.930. The standard InChI is InChI=1S/C32H33BrN6O5/c33-21-7-5-9-23-29(21)36-24(18-35-23)19-13-16-38(17-14-19)27(41)10-2-1-3-15-34-22-8-4-6-20-28(22)32(44)39(31(20)43)25-11-12-26(40)37-30(25)42/h4-9,18-19,25,34H,1-3,10-17H2,(H,37,40,42). The number of benzene rings is 2. The zero-order chi connectivity index (χ0) is 30.8. The predicted molar refractivity (Wildman–Crippen MR) is 166 cm³/mol. The van der Waals surface area contributed by atoms with E-state index < -0.39 is 29.7 Å². The van der Waals surface area contributed by atoms with E-state index >= 15 is 0 Å². The van der Waals surface area contributed by atoms with Crippen molar-refractivity contribution in [2.24, 2.45) is 0 Å². The van der Waals surface area contributed by atoms with Gasteiger partial charge < -0.3 is 10.2 Å². The van der Waals surface area contributed by atoms with Crippen LogP contribution in [0.15, 0.2) is 47.1 Å². The van der Waals surface area contributed by atoms with Crippen LogP contribution >= 0.6 is 15.9 Å². The van der Waals surface area contributed by atoms with Crippen molar-refractivity contribution in [2.75, 3.05) is 25.0 Å². The number of nitrogens with zero attached hydrogens (tertiary/aromatic N) is 4. The monoisotopic (exact) mass is 660 g/mol. The fourth-order valence-corrected chi connectivity index (χ4v) is 6.70. The summed E-state index contributed by atoms with van der Waals surface area (Å²) in [7, 11) is 0. The van der Waals surface area contributed by atoms with Crippen LogP contribution in [0.1, 0.15) is 83.7 Å². The van der Waals surface area contributed by atoms with E-state index in [9.17, 15) is 24.0 Å². The fraction of sp³-hybridized carbons (Fsp3) is 0.406. The lowest BCUT2D eigenvalue weighted by atomic mass is 9.93. The molecule has 2 aromatic carbocycles. The van der Waals surface area contributed by atoms with E-state index in [0.29, 0.717) is 31.7 Å². The highest BCUT2D eigenvalue weighted by molar-refractivity contribution is 9.10. The van der Waals surface area contributed by atoms with Gasteiger partial charge in [0.05, 0.1) is 22.3 Å². The SMILES string of the molecule is O=C1CCC(N2C(=O)c3cccc(NCCCCCC(=O)N4CCC(c5cnc6cccc(Br)c6n5)CC4)c3C2=O)C(=O)N1. The molecule has 0 aliphatic carbocycles. The first-order valence-corrected chi connectivity index (χ1v) is 15.9. The Bertz CT molecular complexity index is 1650. The largest absolute Gasteiger partial charge is 0.384 e. The summed E-state index contributed by atoms with van der Waals surface area (Å²) in [5, 5.41) is 5.47. The molecule has 4 heterocycles. The third-order valence-corrected chi connectivity index (χ3v) is 9.30. The number of para-hydroxylation sites is 1. The number of unbranched alkanes of at least 4 members (excludes halogenated alkanes) is 2. The second-order valence-electron chi connectivity index (χ2n) is 11.5. The van der Waals surface area contributed by atoms with Gasteiger partial charge in [-0.15, -0.1) is 0 Å². The Balaban J connectivity index is 0.941. The summed E-state index contributed by atoms with van der Waals surface area (Å²) in [6.45, 7) is 1.99. The van der Waals surface area contributed by atoms with E-state index in [-0.39, 0.29) is 35.8 Å². The average molecular weight is 662 g/mol. The van der Waals surface area contributed by atoms with Crippen molar-refractivity contribution < 1.29 is 24.0 Å². The molecule has 11 nitrogen and oxygen atoms in total. The molecule has 3 aliphatic rings. The van der Waals surface area contributed by atoms with E-state index in [2.05, 4.69) is 31.5 Å². The number of amides is 5. The molecule has 3 aliphatic heterocycles. The molecule has 1 atom stereocenters. The van der Waals surface area contributed by atoms with Crippen LogP contribution in [0.4, 0.5) is 5.69 Å². The van der Waals surface area contributed by atoms with Crippen LogP contribution in [0, 0.1) is 0 Å². The Morgan fingerprint density at radius 1 is 0.977 bits per heavy atom. The van der Waals surface area contributed by atoms with Gasteiger partial charge in [-0.2, -0.15) is 0 Å². The minimum Gasteiger partial charge on any atom is -0.384 e. The number of rotatable bonds is 9. The Labute approximate surface area is 262 Å². The molecule has 2 fully saturated rings. The highest BCUT2D eigenvalue weighted by Crippen LogP contribution is 2.33. The van der Waals surface area contributed by atoms with Crippen LogP contribution in [0.5, 0.6) is 0 Å². The highest BCUT2D eigenvalue weighted by atomic mass is 79.9.